The lowest BCUT2D eigenvalue weighted by Crippen LogP contribution is -2.40. The lowest BCUT2D eigenvalue weighted by Gasteiger charge is -2.24. The first-order chi connectivity index (χ1) is 5.66. The van der Waals surface area contributed by atoms with E-state index in [9.17, 15) is 4.79 Å². The summed E-state index contributed by atoms with van der Waals surface area (Å²) in [6.45, 7) is 5.19. The molecule has 0 aromatic rings. The molecule has 0 aromatic heterocycles. The number of hydrogen-bond donors (Lipinski definition) is 0. The minimum atomic E-state index is -0.0344. The molecular weight excluding hydrogens is 178 g/mol. The number of rotatable bonds is 2. The molecule has 0 aliphatic carbocycles. The zero-order chi connectivity index (χ0) is 9.14. The number of amides is 1. The van der Waals surface area contributed by atoms with Gasteiger partial charge < -0.3 is 9.64 Å². The molecule has 1 saturated heterocycles. The van der Waals surface area contributed by atoms with Gasteiger partial charge in [-0.05, 0) is 5.92 Å². The topological polar surface area (TPSA) is 29.5 Å². The minimum absolute atomic E-state index is 0.0344. The van der Waals surface area contributed by atoms with E-state index in [1.54, 1.807) is 4.90 Å². The monoisotopic (exact) mass is 191 g/mol. The molecule has 1 fully saturated rings. The summed E-state index contributed by atoms with van der Waals surface area (Å²) < 4.78 is 5.20. The van der Waals surface area contributed by atoms with Crippen LogP contribution in [0.5, 0.6) is 0 Å². The van der Waals surface area contributed by atoms with E-state index in [0.29, 0.717) is 19.3 Å². The minimum Gasteiger partial charge on any atom is -0.359 e. The molecule has 0 spiro atoms. The molecule has 0 bridgehead atoms. The normalized spacial score (nSPS) is 23.7. The fraction of sp³-hybridized carbons (Fsp3) is 0.875. The molecule has 0 radical (unpaired) electrons. The van der Waals surface area contributed by atoms with Crippen molar-refractivity contribution in [3.8, 4) is 0 Å². The highest BCUT2D eigenvalue weighted by atomic mass is 35.5. The summed E-state index contributed by atoms with van der Waals surface area (Å²) in [5.41, 5.74) is 0. The van der Waals surface area contributed by atoms with E-state index in [1.165, 1.54) is 0 Å². The Labute approximate surface area is 77.6 Å². The summed E-state index contributed by atoms with van der Waals surface area (Å²) in [7, 11) is 0. The molecule has 1 rings (SSSR count). The number of halogens is 1. The standard InChI is InChI=1S/C8H14ClNO2/c1-6(2)7-4-12-5-10(7)8(11)3-9/h6-7H,3-5H2,1-2H3/t7-/m1/s1. The third kappa shape index (κ3) is 1.90. The average Bonchev–Trinajstić information content (AvgIpc) is 2.50. The van der Waals surface area contributed by atoms with E-state index < -0.39 is 0 Å². The quantitative estimate of drug-likeness (QED) is 0.611. The van der Waals surface area contributed by atoms with Crippen molar-refractivity contribution in [1.29, 1.82) is 0 Å². The Hall–Kier alpha value is -0.280. The Kier molecular flexibility index (Phi) is 3.35. The zero-order valence-electron chi connectivity index (χ0n) is 7.42. The summed E-state index contributed by atoms with van der Waals surface area (Å²) in [4.78, 5) is 12.9. The number of hydrogen-bond acceptors (Lipinski definition) is 2. The van der Waals surface area contributed by atoms with Gasteiger partial charge in [0, 0.05) is 0 Å². The Bertz CT molecular complexity index is 172. The third-order valence-corrected chi connectivity index (χ3v) is 2.35. The Morgan fingerprint density at radius 1 is 1.75 bits per heavy atom. The van der Waals surface area contributed by atoms with Gasteiger partial charge in [-0.1, -0.05) is 13.8 Å². The molecule has 1 aliphatic rings. The molecular formula is C8H14ClNO2. The van der Waals surface area contributed by atoms with Crippen molar-refractivity contribution in [3.63, 3.8) is 0 Å². The first-order valence-corrected chi connectivity index (χ1v) is 4.63. The van der Waals surface area contributed by atoms with Crippen molar-refractivity contribution >= 4 is 17.5 Å². The van der Waals surface area contributed by atoms with Crippen LogP contribution < -0.4 is 0 Å². The molecule has 0 unspecified atom stereocenters. The molecule has 3 nitrogen and oxygen atoms in total. The van der Waals surface area contributed by atoms with Crippen LogP contribution in [0.15, 0.2) is 0 Å². The molecule has 1 atom stereocenters. The molecule has 4 heteroatoms. The van der Waals surface area contributed by atoms with E-state index in [2.05, 4.69) is 13.8 Å². The van der Waals surface area contributed by atoms with E-state index in [0.717, 1.165) is 0 Å². The van der Waals surface area contributed by atoms with Crippen LogP contribution in [0, 0.1) is 5.92 Å². The molecule has 1 amide bonds. The molecule has 0 aromatic carbocycles. The summed E-state index contributed by atoms with van der Waals surface area (Å²) in [6.07, 6.45) is 0. The fourth-order valence-corrected chi connectivity index (χ4v) is 1.50. The van der Waals surface area contributed by atoms with Gasteiger partial charge in [-0.3, -0.25) is 4.79 Å². The van der Waals surface area contributed by atoms with Crippen LogP contribution in [0.2, 0.25) is 0 Å². The van der Waals surface area contributed by atoms with Gasteiger partial charge in [-0.2, -0.15) is 0 Å². The van der Waals surface area contributed by atoms with E-state index >= 15 is 0 Å². The number of alkyl halides is 1. The van der Waals surface area contributed by atoms with Crippen LogP contribution in [0.1, 0.15) is 13.8 Å². The van der Waals surface area contributed by atoms with E-state index in [-0.39, 0.29) is 17.8 Å². The van der Waals surface area contributed by atoms with Gasteiger partial charge >= 0.3 is 0 Å². The second-order valence-corrected chi connectivity index (χ2v) is 3.58. The summed E-state index contributed by atoms with van der Waals surface area (Å²) in [6, 6.07) is 0.205. The maximum Gasteiger partial charge on any atom is 0.239 e. The van der Waals surface area contributed by atoms with Gasteiger partial charge in [0.15, 0.2) is 0 Å². The van der Waals surface area contributed by atoms with Crippen molar-refractivity contribution in [2.75, 3.05) is 19.2 Å². The lowest BCUT2D eigenvalue weighted by molar-refractivity contribution is -0.131. The van der Waals surface area contributed by atoms with Gasteiger partial charge in [0.1, 0.15) is 12.6 Å². The van der Waals surface area contributed by atoms with E-state index in [1.807, 2.05) is 0 Å². The van der Waals surface area contributed by atoms with Crippen LogP contribution in [-0.2, 0) is 9.53 Å². The van der Waals surface area contributed by atoms with Gasteiger partial charge in [0.05, 0.1) is 12.6 Å². The van der Waals surface area contributed by atoms with Crippen LogP contribution in [0.4, 0.5) is 0 Å². The second kappa shape index (κ2) is 4.10. The van der Waals surface area contributed by atoms with Gasteiger partial charge in [-0.25, -0.2) is 0 Å². The summed E-state index contributed by atoms with van der Waals surface area (Å²) in [5.74, 6) is 0.444. The smallest absolute Gasteiger partial charge is 0.239 e. The molecule has 1 aliphatic heterocycles. The molecule has 70 valence electrons. The van der Waals surface area contributed by atoms with Gasteiger partial charge in [-0.15, -0.1) is 11.6 Å². The van der Waals surface area contributed by atoms with Crippen molar-refractivity contribution < 1.29 is 9.53 Å². The van der Waals surface area contributed by atoms with Crippen LogP contribution in [-0.4, -0.2) is 36.1 Å². The van der Waals surface area contributed by atoms with Crippen molar-refractivity contribution in [2.45, 2.75) is 19.9 Å². The van der Waals surface area contributed by atoms with Crippen LogP contribution in [0.25, 0.3) is 0 Å². The van der Waals surface area contributed by atoms with Gasteiger partial charge in [0.25, 0.3) is 0 Å². The zero-order valence-corrected chi connectivity index (χ0v) is 8.17. The molecule has 1 heterocycles. The largest absolute Gasteiger partial charge is 0.359 e. The van der Waals surface area contributed by atoms with E-state index in [4.69, 9.17) is 16.3 Å². The fourth-order valence-electron chi connectivity index (χ4n) is 1.34. The Morgan fingerprint density at radius 2 is 2.42 bits per heavy atom. The van der Waals surface area contributed by atoms with Gasteiger partial charge in [0.2, 0.25) is 5.91 Å². The van der Waals surface area contributed by atoms with Crippen molar-refractivity contribution in [3.05, 3.63) is 0 Å². The van der Waals surface area contributed by atoms with Crippen LogP contribution in [0.3, 0.4) is 0 Å². The number of carbonyl (C=O) groups is 1. The highest BCUT2D eigenvalue weighted by Gasteiger charge is 2.30. The van der Waals surface area contributed by atoms with Crippen molar-refractivity contribution in [1.82, 2.24) is 4.90 Å². The predicted molar refractivity (Wildman–Crippen MR) is 47.0 cm³/mol. The average molecular weight is 192 g/mol. The second-order valence-electron chi connectivity index (χ2n) is 3.31. The Morgan fingerprint density at radius 3 is 2.92 bits per heavy atom. The lowest BCUT2D eigenvalue weighted by atomic mass is 10.1. The maximum atomic E-state index is 11.2. The van der Waals surface area contributed by atoms with Crippen molar-refractivity contribution in [2.24, 2.45) is 5.92 Å². The summed E-state index contributed by atoms with van der Waals surface area (Å²) in [5, 5.41) is 0. The molecule has 0 N–H and O–H groups in total. The predicted octanol–water partition coefficient (Wildman–Crippen LogP) is 1.07. The highest BCUT2D eigenvalue weighted by Crippen LogP contribution is 2.17. The SMILES string of the molecule is CC(C)[C@H]1COCN1C(=O)CCl. The summed E-state index contributed by atoms with van der Waals surface area (Å²) >= 11 is 5.46. The molecule has 0 saturated carbocycles. The first-order valence-electron chi connectivity index (χ1n) is 4.10. The van der Waals surface area contributed by atoms with Crippen LogP contribution >= 0.6 is 11.6 Å². The molecule has 12 heavy (non-hydrogen) atoms. The third-order valence-electron chi connectivity index (χ3n) is 2.12. The number of carbonyl (C=O) groups excluding carboxylic acids is 1. The number of nitrogens with zero attached hydrogens (tertiary/aromatic N) is 1. The first kappa shape index (κ1) is 9.81. The number of ether oxygens (including phenoxy) is 1. The maximum absolute atomic E-state index is 11.2. The Balaban J connectivity index is 2.57. The highest BCUT2D eigenvalue weighted by molar-refractivity contribution is 6.27.